The molecule has 0 aromatic carbocycles. The zero-order valence-corrected chi connectivity index (χ0v) is 9.14. The Balaban J connectivity index is 2.43. The Bertz CT molecular complexity index is 339. The SMILES string of the molecule is CCC(CCO)CNC(=O)c1nonc1N. The van der Waals surface area contributed by atoms with Gasteiger partial charge in [-0.25, -0.2) is 4.63 Å². The van der Waals surface area contributed by atoms with E-state index in [1.807, 2.05) is 6.92 Å². The third-order valence-corrected chi connectivity index (χ3v) is 2.39. The maximum absolute atomic E-state index is 11.5. The Morgan fingerprint density at radius 2 is 2.38 bits per heavy atom. The van der Waals surface area contributed by atoms with E-state index in [1.54, 1.807) is 0 Å². The van der Waals surface area contributed by atoms with Crippen LogP contribution in [0.1, 0.15) is 30.3 Å². The van der Waals surface area contributed by atoms with Crippen LogP contribution < -0.4 is 11.1 Å². The average Bonchev–Trinajstić information content (AvgIpc) is 2.70. The third-order valence-electron chi connectivity index (χ3n) is 2.39. The lowest BCUT2D eigenvalue weighted by molar-refractivity contribution is 0.0934. The molecule has 0 saturated carbocycles. The molecule has 1 amide bonds. The molecule has 0 aliphatic carbocycles. The number of hydrogen-bond acceptors (Lipinski definition) is 6. The second kappa shape index (κ2) is 6.06. The molecule has 7 heteroatoms. The van der Waals surface area contributed by atoms with Gasteiger partial charge in [-0.05, 0) is 22.7 Å². The molecule has 16 heavy (non-hydrogen) atoms. The summed E-state index contributed by atoms with van der Waals surface area (Å²) in [6.07, 6.45) is 1.54. The van der Waals surface area contributed by atoms with E-state index in [9.17, 15) is 4.79 Å². The van der Waals surface area contributed by atoms with Crippen molar-refractivity contribution >= 4 is 11.7 Å². The minimum Gasteiger partial charge on any atom is -0.396 e. The predicted octanol–water partition coefficient (Wildman–Crippen LogP) is -0.210. The lowest BCUT2D eigenvalue weighted by Gasteiger charge is -2.13. The standard InChI is InChI=1S/C9H16N4O3/c1-2-6(3-4-14)5-11-9(15)7-8(10)13-16-12-7/h6,14H,2-5H2,1H3,(H2,10,13)(H,11,15). The fraction of sp³-hybridized carbons (Fsp3) is 0.667. The van der Waals surface area contributed by atoms with E-state index in [0.29, 0.717) is 13.0 Å². The van der Waals surface area contributed by atoms with Crippen molar-refractivity contribution in [1.82, 2.24) is 15.6 Å². The first-order chi connectivity index (χ1) is 7.69. The lowest BCUT2D eigenvalue weighted by Crippen LogP contribution is -2.30. The number of anilines is 1. The summed E-state index contributed by atoms with van der Waals surface area (Å²) in [6, 6.07) is 0. The van der Waals surface area contributed by atoms with Crippen LogP contribution in [0.2, 0.25) is 0 Å². The molecule has 1 aromatic rings. The zero-order valence-electron chi connectivity index (χ0n) is 9.14. The molecule has 0 spiro atoms. The van der Waals surface area contributed by atoms with Gasteiger partial charge in [0.2, 0.25) is 11.5 Å². The molecular formula is C9H16N4O3. The van der Waals surface area contributed by atoms with Gasteiger partial charge in [0.25, 0.3) is 5.91 Å². The second-order valence-electron chi connectivity index (χ2n) is 3.49. The summed E-state index contributed by atoms with van der Waals surface area (Å²) in [5, 5.41) is 18.2. The summed E-state index contributed by atoms with van der Waals surface area (Å²) in [6.45, 7) is 2.59. The van der Waals surface area contributed by atoms with E-state index in [1.165, 1.54) is 0 Å². The monoisotopic (exact) mass is 228 g/mol. The van der Waals surface area contributed by atoms with E-state index < -0.39 is 5.91 Å². The number of rotatable bonds is 6. The number of carbonyl (C=O) groups is 1. The number of aliphatic hydroxyl groups excluding tert-OH is 1. The number of nitrogens with one attached hydrogen (secondary N) is 1. The Morgan fingerprint density at radius 1 is 1.62 bits per heavy atom. The number of nitrogens with two attached hydrogens (primary N) is 1. The molecule has 4 N–H and O–H groups in total. The van der Waals surface area contributed by atoms with Gasteiger partial charge in [0.1, 0.15) is 0 Å². The first kappa shape index (κ1) is 12.4. The summed E-state index contributed by atoms with van der Waals surface area (Å²) in [4.78, 5) is 11.5. The normalized spacial score (nSPS) is 12.4. The summed E-state index contributed by atoms with van der Waals surface area (Å²) >= 11 is 0. The van der Waals surface area contributed by atoms with E-state index >= 15 is 0 Å². The van der Waals surface area contributed by atoms with Crippen LogP contribution in [-0.2, 0) is 0 Å². The summed E-state index contributed by atoms with van der Waals surface area (Å²) in [5.74, 6) is -0.183. The van der Waals surface area contributed by atoms with Crippen LogP contribution in [0.3, 0.4) is 0 Å². The minimum absolute atomic E-state index is 0.00106. The smallest absolute Gasteiger partial charge is 0.277 e. The Kier molecular flexibility index (Phi) is 4.71. The topological polar surface area (TPSA) is 114 Å². The Labute approximate surface area is 93.0 Å². The van der Waals surface area contributed by atoms with E-state index in [0.717, 1.165) is 6.42 Å². The Morgan fingerprint density at radius 3 is 2.88 bits per heavy atom. The molecule has 0 bridgehead atoms. The van der Waals surface area contributed by atoms with Gasteiger partial charge >= 0.3 is 0 Å². The van der Waals surface area contributed by atoms with E-state index in [2.05, 4.69) is 20.3 Å². The van der Waals surface area contributed by atoms with Crippen LogP contribution in [0, 0.1) is 5.92 Å². The molecule has 0 aliphatic heterocycles. The number of amides is 1. The van der Waals surface area contributed by atoms with Gasteiger partial charge in [-0.1, -0.05) is 13.3 Å². The van der Waals surface area contributed by atoms with Crippen LogP contribution in [0.15, 0.2) is 4.63 Å². The molecule has 1 rings (SSSR count). The number of aliphatic hydroxyl groups is 1. The fourth-order valence-electron chi connectivity index (χ4n) is 1.31. The predicted molar refractivity (Wildman–Crippen MR) is 56.5 cm³/mol. The van der Waals surface area contributed by atoms with Crippen molar-refractivity contribution < 1.29 is 14.5 Å². The quantitative estimate of drug-likeness (QED) is 0.620. The molecule has 1 unspecified atom stereocenters. The molecule has 0 saturated heterocycles. The van der Waals surface area contributed by atoms with Gasteiger partial charge in [-0.2, -0.15) is 0 Å². The number of nitrogen functional groups attached to an aromatic ring is 1. The van der Waals surface area contributed by atoms with Crippen molar-refractivity contribution in [3.05, 3.63) is 5.69 Å². The van der Waals surface area contributed by atoms with Gasteiger partial charge in [0, 0.05) is 13.2 Å². The summed E-state index contributed by atoms with van der Waals surface area (Å²) < 4.78 is 4.32. The van der Waals surface area contributed by atoms with E-state index in [4.69, 9.17) is 10.8 Å². The lowest BCUT2D eigenvalue weighted by atomic mass is 10.0. The number of aromatic nitrogens is 2. The molecule has 7 nitrogen and oxygen atoms in total. The van der Waals surface area contributed by atoms with Crippen LogP contribution in [0.5, 0.6) is 0 Å². The molecule has 0 fully saturated rings. The molecule has 0 aliphatic rings. The average molecular weight is 228 g/mol. The summed E-state index contributed by atoms with van der Waals surface area (Å²) in [5.41, 5.74) is 5.37. The maximum Gasteiger partial charge on any atom is 0.277 e. The molecule has 90 valence electrons. The van der Waals surface area contributed by atoms with Gasteiger partial charge < -0.3 is 16.2 Å². The maximum atomic E-state index is 11.5. The van der Waals surface area contributed by atoms with Crippen molar-refractivity contribution in [1.29, 1.82) is 0 Å². The minimum atomic E-state index is -0.407. The zero-order chi connectivity index (χ0) is 12.0. The van der Waals surface area contributed by atoms with Gasteiger partial charge in [0.05, 0.1) is 0 Å². The largest absolute Gasteiger partial charge is 0.396 e. The van der Waals surface area contributed by atoms with Crippen molar-refractivity contribution in [2.24, 2.45) is 5.92 Å². The van der Waals surface area contributed by atoms with Crippen molar-refractivity contribution in [2.75, 3.05) is 18.9 Å². The molecule has 1 atom stereocenters. The molecule has 1 heterocycles. The first-order valence-electron chi connectivity index (χ1n) is 5.16. The van der Waals surface area contributed by atoms with Crippen molar-refractivity contribution in [2.45, 2.75) is 19.8 Å². The molecule has 0 radical (unpaired) electrons. The first-order valence-corrected chi connectivity index (χ1v) is 5.16. The van der Waals surface area contributed by atoms with Gasteiger partial charge in [-0.15, -0.1) is 0 Å². The highest BCUT2D eigenvalue weighted by atomic mass is 16.6. The van der Waals surface area contributed by atoms with Gasteiger partial charge in [-0.3, -0.25) is 4.79 Å². The number of nitrogens with zero attached hydrogens (tertiary/aromatic N) is 2. The highest BCUT2D eigenvalue weighted by molar-refractivity contribution is 5.95. The second-order valence-corrected chi connectivity index (χ2v) is 3.49. The number of carbonyl (C=O) groups excluding carboxylic acids is 1. The van der Waals surface area contributed by atoms with Crippen LogP contribution in [-0.4, -0.2) is 34.5 Å². The third kappa shape index (κ3) is 3.20. The molecular weight excluding hydrogens is 212 g/mol. The van der Waals surface area contributed by atoms with Crippen molar-refractivity contribution in [3.63, 3.8) is 0 Å². The summed E-state index contributed by atoms with van der Waals surface area (Å²) in [7, 11) is 0. The van der Waals surface area contributed by atoms with E-state index in [-0.39, 0.29) is 24.0 Å². The van der Waals surface area contributed by atoms with Crippen LogP contribution in [0.25, 0.3) is 0 Å². The van der Waals surface area contributed by atoms with Crippen LogP contribution in [0.4, 0.5) is 5.82 Å². The number of hydrogen-bond donors (Lipinski definition) is 3. The fourth-order valence-corrected chi connectivity index (χ4v) is 1.31. The highest BCUT2D eigenvalue weighted by Crippen LogP contribution is 2.07. The van der Waals surface area contributed by atoms with Crippen LogP contribution >= 0.6 is 0 Å². The highest BCUT2D eigenvalue weighted by Gasteiger charge is 2.16. The van der Waals surface area contributed by atoms with Gasteiger partial charge in [0.15, 0.2) is 0 Å². The van der Waals surface area contributed by atoms with Crippen molar-refractivity contribution in [3.8, 4) is 0 Å². The Hall–Kier alpha value is -1.63. The molecule has 1 aromatic heterocycles.